The number of anilines is 1. The zero-order valence-electron chi connectivity index (χ0n) is 14.5. The Morgan fingerprint density at radius 2 is 1.81 bits per heavy atom. The number of nitrogens with zero attached hydrogens (tertiary/aromatic N) is 1. The van der Waals surface area contributed by atoms with Crippen molar-refractivity contribution in [3.05, 3.63) is 78.5 Å². The van der Waals surface area contributed by atoms with Crippen LogP contribution < -0.4 is 14.8 Å². The lowest BCUT2D eigenvalue weighted by Crippen LogP contribution is -2.20. The van der Waals surface area contributed by atoms with E-state index in [0.29, 0.717) is 17.4 Å². The first-order valence-electron chi connectivity index (χ1n) is 8.43. The number of hydrogen-bond acceptors (Lipinski definition) is 4. The lowest BCUT2D eigenvalue weighted by Gasteiger charge is -2.09. The van der Waals surface area contributed by atoms with E-state index in [1.54, 1.807) is 36.5 Å². The Balaban J connectivity index is 1.50. The summed E-state index contributed by atoms with van der Waals surface area (Å²) >= 11 is 0. The van der Waals surface area contributed by atoms with Gasteiger partial charge in [0.15, 0.2) is 6.61 Å². The van der Waals surface area contributed by atoms with Gasteiger partial charge in [-0.2, -0.15) is 0 Å². The van der Waals surface area contributed by atoms with Gasteiger partial charge in [-0.3, -0.25) is 4.79 Å². The smallest absolute Gasteiger partial charge is 0.262 e. The summed E-state index contributed by atoms with van der Waals surface area (Å²) in [6.07, 6.45) is 2.59. The van der Waals surface area contributed by atoms with E-state index in [1.165, 1.54) is 5.56 Å². The minimum absolute atomic E-state index is 0.0587. The minimum Gasteiger partial charge on any atom is -0.484 e. The molecule has 0 spiro atoms. The minimum atomic E-state index is -0.202. The van der Waals surface area contributed by atoms with Crippen molar-refractivity contribution in [1.82, 2.24) is 4.98 Å². The molecule has 0 aliphatic carbocycles. The third kappa shape index (κ3) is 5.08. The van der Waals surface area contributed by atoms with E-state index >= 15 is 0 Å². The van der Waals surface area contributed by atoms with Crippen LogP contribution in [0.15, 0.2) is 72.9 Å². The van der Waals surface area contributed by atoms with E-state index < -0.39 is 0 Å². The Bertz CT molecular complexity index is 849. The number of hydrogen-bond donors (Lipinski definition) is 1. The highest BCUT2D eigenvalue weighted by molar-refractivity contribution is 5.91. The maximum atomic E-state index is 12.0. The Kier molecular flexibility index (Phi) is 5.83. The molecule has 0 aliphatic heterocycles. The van der Waals surface area contributed by atoms with Gasteiger partial charge in [-0.25, -0.2) is 4.98 Å². The molecule has 0 radical (unpaired) electrons. The quantitative estimate of drug-likeness (QED) is 0.685. The number of benzene rings is 2. The molecule has 0 saturated carbocycles. The van der Waals surface area contributed by atoms with E-state index in [2.05, 4.69) is 17.2 Å². The van der Waals surface area contributed by atoms with Gasteiger partial charge < -0.3 is 14.8 Å². The van der Waals surface area contributed by atoms with Crippen molar-refractivity contribution in [3.63, 3.8) is 0 Å². The van der Waals surface area contributed by atoms with Crippen molar-refractivity contribution >= 4 is 11.6 Å². The summed E-state index contributed by atoms with van der Waals surface area (Å²) in [6, 6.07) is 20.3. The van der Waals surface area contributed by atoms with Crippen LogP contribution in [-0.2, 0) is 11.2 Å². The van der Waals surface area contributed by atoms with Crippen molar-refractivity contribution in [2.75, 3.05) is 11.9 Å². The maximum absolute atomic E-state index is 12.0. The fourth-order valence-electron chi connectivity index (χ4n) is 2.35. The van der Waals surface area contributed by atoms with Gasteiger partial charge in [0.05, 0.1) is 0 Å². The number of carbonyl (C=O) groups excluding carboxylic acids is 1. The number of rotatable bonds is 7. The van der Waals surface area contributed by atoms with Gasteiger partial charge in [0.2, 0.25) is 5.88 Å². The fraction of sp³-hybridized carbons (Fsp3) is 0.143. The summed E-state index contributed by atoms with van der Waals surface area (Å²) in [5, 5.41) is 2.83. The molecule has 26 heavy (non-hydrogen) atoms. The van der Waals surface area contributed by atoms with E-state index in [4.69, 9.17) is 9.47 Å². The summed E-state index contributed by atoms with van der Waals surface area (Å²) in [6.45, 7) is 2.02. The maximum Gasteiger partial charge on any atom is 0.262 e. The Morgan fingerprint density at radius 1 is 1.00 bits per heavy atom. The van der Waals surface area contributed by atoms with Crippen LogP contribution in [0.3, 0.4) is 0 Å². The lowest BCUT2D eigenvalue weighted by atomic mass is 10.1. The molecule has 0 unspecified atom stereocenters. The second-order valence-corrected chi connectivity index (χ2v) is 5.63. The van der Waals surface area contributed by atoms with Crippen molar-refractivity contribution in [3.8, 4) is 17.4 Å². The molecule has 132 valence electrons. The van der Waals surface area contributed by atoms with Crippen LogP contribution in [-0.4, -0.2) is 17.5 Å². The second kappa shape index (κ2) is 8.67. The average molecular weight is 348 g/mol. The summed E-state index contributed by atoms with van der Waals surface area (Å²) in [5.41, 5.74) is 1.95. The predicted molar refractivity (Wildman–Crippen MR) is 101 cm³/mol. The highest BCUT2D eigenvalue weighted by atomic mass is 16.5. The molecule has 2 aromatic carbocycles. The number of carbonyl (C=O) groups is 1. The van der Waals surface area contributed by atoms with E-state index in [0.717, 1.165) is 12.1 Å². The molecule has 3 rings (SSSR count). The first kappa shape index (κ1) is 17.5. The number of aromatic nitrogens is 1. The molecule has 0 fully saturated rings. The molecule has 5 nitrogen and oxygen atoms in total. The van der Waals surface area contributed by atoms with Gasteiger partial charge in [0.25, 0.3) is 5.91 Å². The summed E-state index contributed by atoms with van der Waals surface area (Å²) < 4.78 is 11.1. The van der Waals surface area contributed by atoms with Crippen molar-refractivity contribution < 1.29 is 14.3 Å². The van der Waals surface area contributed by atoms with Crippen LogP contribution in [0.1, 0.15) is 12.5 Å². The normalized spacial score (nSPS) is 10.2. The zero-order valence-corrected chi connectivity index (χ0v) is 14.5. The number of pyridine rings is 1. The van der Waals surface area contributed by atoms with Gasteiger partial charge in [-0.05, 0) is 54.4 Å². The monoisotopic (exact) mass is 348 g/mol. The second-order valence-electron chi connectivity index (χ2n) is 5.63. The first-order valence-corrected chi connectivity index (χ1v) is 8.43. The van der Waals surface area contributed by atoms with Crippen LogP contribution in [0.5, 0.6) is 17.4 Å². The van der Waals surface area contributed by atoms with Crippen LogP contribution >= 0.6 is 0 Å². The highest BCUT2D eigenvalue weighted by Crippen LogP contribution is 2.22. The lowest BCUT2D eigenvalue weighted by molar-refractivity contribution is -0.118. The highest BCUT2D eigenvalue weighted by Gasteiger charge is 2.05. The number of ether oxygens (including phenoxy) is 2. The van der Waals surface area contributed by atoms with Crippen molar-refractivity contribution in [2.45, 2.75) is 13.3 Å². The summed E-state index contributed by atoms with van der Waals surface area (Å²) in [7, 11) is 0. The molecule has 1 aromatic heterocycles. The third-order valence-corrected chi connectivity index (χ3v) is 3.67. The number of amides is 1. The Labute approximate surface area is 152 Å². The number of aryl methyl sites for hydroxylation is 1. The molecule has 0 saturated heterocycles. The summed E-state index contributed by atoms with van der Waals surface area (Å²) in [4.78, 5) is 16.1. The standard InChI is InChI=1S/C21H20N2O3/c1-2-16-6-5-7-17(14-16)23-20(24)15-25-18-9-11-19(12-10-18)26-21-8-3-4-13-22-21/h3-14H,2,15H2,1H3,(H,23,24). The van der Waals surface area contributed by atoms with Crippen LogP contribution in [0, 0.1) is 0 Å². The molecule has 1 amide bonds. The molecule has 0 atom stereocenters. The van der Waals surface area contributed by atoms with Crippen LogP contribution in [0.4, 0.5) is 5.69 Å². The Hall–Kier alpha value is -3.34. The van der Waals surface area contributed by atoms with E-state index in [1.807, 2.05) is 36.4 Å². The predicted octanol–water partition coefficient (Wildman–Crippen LogP) is 4.45. The SMILES string of the molecule is CCc1cccc(NC(=O)COc2ccc(Oc3ccccn3)cc2)c1. The zero-order chi connectivity index (χ0) is 18.2. The van der Waals surface area contributed by atoms with Gasteiger partial charge in [0.1, 0.15) is 11.5 Å². The summed E-state index contributed by atoms with van der Waals surface area (Å²) in [5.74, 6) is 1.56. The van der Waals surface area contributed by atoms with Gasteiger partial charge in [-0.1, -0.05) is 25.1 Å². The molecule has 3 aromatic rings. The number of nitrogens with one attached hydrogen (secondary N) is 1. The average Bonchev–Trinajstić information content (AvgIpc) is 2.68. The van der Waals surface area contributed by atoms with Gasteiger partial charge in [-0.15, -0.1) is 0 Å². The topological polar surface area (TPSA) is 60.5 Å². The molecule has 1 heterocycles. The van der Waals surface area contributed by atoms with Gasteiger partial charge in [0, 0.05) is 18.0 Å². The van der Waals surface area contributed by atoms with Crippen molar-refractivity contribution in [1.29, 1.82) is 0 Å². The van der Waals surface area contributed by atoms with Crippen LogP contribution in [0.25, 0.3) is 0 Å². The molecule has 0 bridgehead atoms. The fourth-order valence-corrected chi connectivity index (χ4v) is 2.35. The van der Waals surface area contributed by atoms with E-state index in [-0.39, 0.29) is 12.5 Å². The first-order chi connectivity index (χ1) is 12.7. The molecule has 0 aliphatic rings. The largest absolute Gasteiger partial charge is 0.484 e. The third-order valence-electron chi connectivity index (χ3n) is 3.67. The van der Waals surface area contributed by atoms with Crippen molar-refractivity contribution in [2.24, 2.45) is 0 Å². The molecular weight excluding hydrogens is 328 g/mol. The molecule has 5 heteroatoms. The van der Waals surface area contributed by atoms with E-state index in [9.17, 15) is 4.79 Å². The molecular formula is C21H20N2O3. The molecule has 1 N–H and O–H groups in total. The Morgan fingerprint density at radius 3 is 2.54 bits per heavy atom. The van der Waals surface area contributed by atoms with Gasteiger partial charge >= 0.3 is 0 Å². The van der Waals surface area contributed by atoms with Crippen LogP contribution in [0.2, 0.25) is 0 Å².